The van der Waals surface area contributed by atoms with E-state index in [1.165, 1.54) is 135 Å². The molecule has 0 amide bonds. The summed E-state index contributed by atoms with van der Waals surface area (Å²) in [6, 6.07) is 0. The molecule has 0 aromatic heterocycles. The van der Waals surface area contributed by atoms with Gasteiger partial charge in [0.25, 0.3) is 0 Å². The van der Waals surface area contributed by atoms with Crippen LogP contribution in [-0.4, -0.2) is 5.97 Å². The van der Waals surface area contributed by atoms with Crippen molar-refractivity contribution in [3.63, 3.8) is 0 Å². The third-order valence-electron chi connectivity index (χ3n) is 5.98. The zero-order chi connectivity index (χ0) is 20.5. The van der Waals surface area contributed by atoms with Crippen molar-refractivity contribution in [3.8, 4) is 0 Å². The summed E-state index contributed by atoms with van der Waals surface area (Å²) in [5.74, 6) is -0.900. The van der Waals surface area contributed by atoms with Gasteiger partial charge in [0.15, 0.2) is 0 Å². The second-order valence-electron chi connectivity index (χ2n) is 8.90. The molecular formula is C26H51LiO2. The van der Waals surface area contributed by atoms with Crippen LogP contribution in [-0.2, 0) is 4.79 Å². The Bertz CT molecular complexity index is 307. The summed E-state index contributed by atoms with van der Waals surface area (Å²) in [6.45, 7) is 2.29. The van der Waals surface area contributed by atoms with Crippen molar-refractivity contribution < 1.29 is 28.8 Å². The van der Waals surface area contributed by atoms with E-state index < -0.39 is 5.97 Å². The number of hydrogen-bond acceptors (Lipinski definition) is 2. The number of carboxylic acid groups (broad SMARTS) is 1. The third-order valence-corrected chi connectivity index (χ3v) is 5.98. The molecule has 0 bridgehead atoms. The summed E-state index contributed by atoms with van der Waals surface area (Å²) < 4.78 is 0. The number of carbonyl (C=O) groups is 1. The molecule has 0 fully saturated rings. The van der Waals surface area contributed by atoms with Crippen LogP contribution in [0, 0.1) is 0 Å². The smallest absolute Gasteiger partial charge is 0.550 e. The van der Waals surface area contributed by atoms with Crippen molar-refractivity contribution in [2.45, 2.75) is 161 Å². The Morgan fingerprint density at radius 1 is 0.448 bits per heavy atom. The minimum atomic E-state index is -0.900. The minimum Gasteiger partial charge on any atom is -0.550 e. The molecule has 0 saturated heterocycles. The summed E-state index contributed by atoms with van der Waals surface area (Å²) in [5.41, 5.74) is 0. The van der Waals surface area contributed by atoms with Crippen LogP contribution < -0.4 is 24.0 Å². The van der Waals surface area contributed by atoms with Gasteiger partial charge in [-0.05, 0) is 12.8 Å². The van der Waals surface area contributed by atoms with Crippen LogP contribution in [0.25, 0.3) is 0 Å². The molecule has 0 aliphatic rings. The van der Waals surface area contributed by atoms with Crippen molar-refractivity contribution in [2.75, 3.05) is 0 Å². The van der Waals surface area contributed by atoms with Gasteiger partial charge >= 0.3 is 18.9 Å². The predicted molar refractivity (Wildman–Crippen MR) is 121 cm³/mol. The molecule has 0 N–H and O–H groups in total. The average Bonchev–Trinajstić information content (AvgIpc) is 2.68. The molecule has 0 spiro atoms. The average molecular weight is 403 g/mol. The molecule has 0 unspecified atom stereocenters. The van der Waals surface area contributed by atoms with Gasteiger partial charge in [-0.2, -0.15) is 0 Å². The number of hydrogen-bond donors (Lipinski definition) is 0. The van der Waals surface area contributed by atoms with E-state index in [9.17, 15) is 9.90 Å². The Morgan fingerprint density at radius 3 is 0.862 bits per heavy atom. The zero-order valence-corrected chi connectivity index (χ0v) is 20.3. The normalized spacial score (nSPS) is 10.8. The summed E-state index contributed by atoms with van der Waals surface area (Å²) in [4.78, 5) is 10.3. The topological polar surface area (TPSA) is 40.1 Å². The molecule has 0 aliphatic heterocycles. The molecule has 3 heteroatoms. The van der Waals surface area contributed by atoms with Crippen LogP contribution in [0.2, 0.25) is 0 Å². The fraction of sp³-hybridized carbons (Fsp3) is 0.962. The predicted octanol–water partition coefficient (Wildman–Crippen LogP) is 5.12. The Hall–Kier alpha value is 0.0674. The van der Waals surface area contributed by atoms with E-state index in [4.69, 9.17) is 0 Å². The third kappa shape index (κ3) is 30.4. The molecule has 0 rings (SSSR count). The van der Waals surface area contributed by atoms with Gasteiger partial charge in [-0.15, -0.1) is 0 Å². The second kappa shape index (κ2) is 28.1. The Morgan fingerprint density at radius 2 is 0.655 bits per heavy atom. The first-order valence-corrected chi connectivity index (χ1v) is 13.0. The van der Waals surface area contributed by atoms with Gasteiger partial charge in [0.05, 0.1) is 0 Å². The SMILES string of the molecule is CCCCCCCCCCCCCCCCCCCCCCCCCC(=O)[O-].[Li+]. The van der Waals surface area contributed by atoms with E-state index in [-0.39, 0.29) is 25.3 Å². The van der Waals surface area contributed by atoms with Crippen LogP contribution in [0.15, 0.2) is 0 Å². The number of carbonyl (C=O) groups excluding carboxylic acids is 1. The summed E-state index contributed by atoms with van der Waals surface area (Å²) in [5, 5.41) is 10.3. The fourth-order valence-corrected chi connectivity index (χ4v) is 4.05. The van der Waals surface area contributed by atoms with Gasteiger partial charge in [-0.3, -0.25) is 0 Å². The first-order valence-electron chi connectivity index (χ1n) is 13.0. The molecule has 2 nitrogen and oxygen atoms in total. The maximum Gasteiger partial charge on any atom is 1.00 e. The van der Waals surface area contributed by atoms with Crippen molar-refractivity contribution in [3.05, 3.63) is 0 Å². The van der Waals surface area contributed by atoms with E-state index in [1.54, 1.807) is 0 Å². The minimum absolute atomic E-state index is 0. The molecule has 0 aromatic rings. The van der Waals surface area contributed by atoms with Crippen molar-refractivity contribution in [1.29, 1.82) is 0 Å². The zero-order valence-electron chi connectivity index (χ0n) is 20.3. The van der Waals surface area contributed by atoms with Crippen LogP contribution in [0.1, 0.15) is 161 Å². The van der Waals surface area contributed by atoms with Crippen molar-refractivity contribution in [2.24, 2.45) is 0 Å². The van der Waals surface area contributed by atoms with E-state index in [0.29, 0.717) is 0 Å². The summed E-state index contributed by atoms with van der Waals surface area (Å²) in [6.07, 6.45) is 31.7. The molecule has 168 valence electrons. The standard InChI is InChI=1S/C26H52O2.Li/c1-2-3-4-5-6-7-8-9-10-11-12-13-14-15-16-17-18-19-20-21-22-23-24-25-26(27)28;/h2-25H2,1H3,(H,27,28);/q;+1/p-1. The van der Waals surface area contributed by atoms with Crippen molar-refractivity contribution >= 4 is 5.97 Å². The molecule has 0 saturated carbocycles. The van der Waals surface area contributed by atoms with Crippen LogP contribution >= 0.6 is 0 Å². The first kappa shape index (κ1) is 31.3. The van der Waals surface area contributed by atoms with Gasteiger partial charge in [-0.1, -0.05) is 148 Å². The maximum absolute atomic E-state index is 10.3. The van der Waals surface area contributed by atoms with Crippen LogP contribution in [0.5, 0.6) is 0 Å². The number of carboxylic acids is 1. The molecule has 0 atom stereocenters. The molecule has 0 aliphatic carbocycles. The maximum atomic E-state index is 10.3. The number of unbranched alkanes of at least 4 members (excludes halogenated alkanes) is 22. The van der Waals surface area contributed by atoms with Crippen LogP contribution in [0.4, 0.5) is 0 Å². The molecule has 0 heterocycles. The van der Waals surface area contributed by atoms with E-state index in [2.05, 4.69) is 6.92 Å². The van der Waals surface area contributed by atoms with Crippen LogP contribution in [0.3, 0.4) is 0 Å². The quantitative estimate of drug-likeness (QED) is 0.166. The number of aliphatic carboxylic acids is 1. The van der Waals surface area contributed by atoms with E-state index >= 15 is 0 Å². The Balaban J connectivity index is 0. The fourth-order valence-electron chi connectivity index (χ4n) is 4.05. The Labute approximate surface area is 195 Å². The molecular weight excluding hydrogens is 351 g/mol. The summed E-state index contributed by atoms with van der Waals surface area (Å²) >= 11 is 0. The van der Waals surface area contributed by atoms with E-state index in [0.717, 1.165) is 12.8 Å². The van der Waals surface area contributed by atoms with Gasteiger partial charge < -0.3 is 9.90 Å². The van der Waals surface area contributed by atoms with Gasteiger partial charge in [0.1, 0.15) is 0 Å². The molecule has 0 radical (unpaired) electrons. The largest absolute Gasteiger partial charge is 1.00 e. The summed E-state index contributed by atoms with van der Waals surface area (Å²) in [7, 11) is 0. The molecule has 0 aromatic carbocycles. The first-order chi connectivity index (χ1) is 13.8. The van der Waals surface area contributed by atoms with E-state index in [1.807, 2.05) is 0 Å². The molecule has 29 heavy (non-hydrogen) atoms. The van der Waals surface area contributed by atoms with Gasteiger partial charge in [-0.25, -0.2) is 0 Å². The second-order valence-corrected chi connectivity index (χ2v) is 8.90. The van der Waals surface area contributed by atoms with Gasteiger partial charge in [0.2, 0.25) is 0 Å². The van der Waals surface area contributed by atoms with Crippen molar-refractivity contribution in [1.82, 2.24) is 0 Å². The number of rotatable bonds is 24. The monoisotopic (exact) mass is 402 g/mol. The Kier molecular flexibility index (Phi) is 30.2. The van der Waals surface area contributed by atoms with Gasteiger partial charge in [0, 0.05) is 5.97 Å².